The van der Waals surface area contributed by atoms with Gasteiger partial charge in [-0.25, -0.2) is 0 Å². The third-order valence-corrected chi connectivity index (χ3v) is 3.10. The molecule has 0 unspecified atom stereocenters. The van der Waals surface area contributed by atoms with E-state index in [-0.39, 0.29) is 11.7 Å². The standard InChI is InChI=1S/C16H22O/c1-6-7-8-12(3)16(17)15-13(4)9-11(2)10-14(15)5/h6-7,9-10,12H,8H2,1-5H3/b7-6-/t12-/m1/s1. The second kappa shape index (κ2) is 5.81. The van der Waals surface area contributed by atoms with E-state index >= 15 is 0 Å². The number of carbonyl (C=O) groups is 1. The van der Waals surface area contributed by atoms with Crippen LogP contribution in [0.3, 0.4) is 0 Å². The number of carbonyl (C=O) groups excluding carboxylic acids is 1. The highest BCUT2D eigenvalue weighted by Crippen LogP contribution is 2.21. The van der Waals surface area contributed by atoms with Crippen molar-refractivity contribution in [1.82, 2.24) is 0 Å². The van der Waals surface area contributed by atoms with Crippen molar-refractivity contribution in [2.24, 2.45) is 5.92 Å². The molecular weight excluding hydrogens is 208 g/mol. The van der Waals surface area contributed by atoms with Crippen molar-refractivity contribution in [2.75, 3.05) is 0 Å². The molecule has 1 heteroatoms. The van der Waals surface area contributed by atoms with Crippen molar-refractivity contribution < 1.29 is 4.79 Å². The third kappa shape index (κ3) is 3.29. The monoisotopic (exact) mass is 230 g/mol. The number of ketones is 1. The van der Waals surface area contributed by atoms with Crippen molar-refractivity contribution in [3.8, 4) is 0 Å². The van der Waals surface area contributed by atoms with E-state index in [1.165, 1.54) is 5.56 Å². The van der Waals surface area contributed by atoms with Gasteiger partial charge in [-0.2, -0.15) is 0 Å². The number of benzene rings is 1. The van der Waals surface area contributed by atoms with Crippen LogP contribution in [0.15, 0.2) is 24.3 Å². The Kier molecular flexibility index (Phi) is 4.68. The minimum atomic E-state index is 0.0614. The predicted octanol–water partition coefficient (Wildman–Crippen LogP) is 4.40. The van der Waals surface area contributed by atoms with Gasteiger partial charge in [0.15, 0.2) is 5.78 Å². The van der Waals surface area contributed by atoms with Crippen LogP contribution in [-0.4, -0.2) is 5.78 Å². The van der Waals surface area contributed by atoms with Crippen LogP contribution < -0.4 is 0 Å². The van der Waals surface area contributed by atoms with Gasteiger partial charge in [0.2, 0.25) is 0 Å². The highest BCUT2D eigenvalue weighted by atomic mass is 16.1. The maximum atomic E-state index is 12.4. The molecular formula is C16H22O. The molecule has 17 heavy (non-hydrogen) atoms. The van der Waals surface area contributed by atoms with Gasteiger partial charge < -0.3 is 0 Å². The number of hydrogen-bond donors (Lipinski definition) is 0. The Labute approximate surface area is 105 Å². The summed E-state index contributed by atoms with van der Waals surface area (Å²) in [4.78, 5) is 12.4. The molecule has 0 aliphatic rings. The molecule has 1 atom stereocenters. The molecule has 0 N–H and O–H groups in total. The fraction of sp³-hybridized carbons (Fsp3) is 0.438. The minimum absolute atomic E-state index is 0.0614. The average molecular weight is 230 g/mol. The van der Waals surface area contributed by atoms with Crippen molar-refractivity contribution >= 4 is 5.78 Å². The van der Waals surface area contributed by atoms with Crippen LogP contribution in [0.5, 0.6) is 0 Å². The van der Waals surface area contributed by atoms with Gasteiger partial charge in [0.05, 0.1) is 0 Å². The Hall–Kier alpha value is -1.37. The highest BCUT2D eigenvalue weighted by Gasteiger charge is 2.18. The Morgan fingerprint density at radius 3 is 2.24 bits per heavy atom. The van der Waals surface area contributed by atoms with E-state index in [0.29, 0.717) is 0 Å². The maximum absolute atomic E-state index is 12.4. The number of aryl methyl sites for hydroxylation is 3. The fourth-order valence-corrected chi connectivity index (χ4v) is 2.26. The maximum Gasteiger partial charge on any atom is 0.166 e. The van der Waals surface area contributed by atoms with Gasteiger partial charge in [0, 0.05) is 11.5 Å². The molecule has 0 aromatic heterocycles. The Balaban J connectivity index is 3.04. The van der Waals surface area contributed by atoms with Crippen molar-refractivity contribution in [2.45, 2.75) is 41.0 Å². The molecule has 0 fully saturated rings. The van der Waals surface area contributed by atoms with E-state index in [1.807, 2.05) is 33.8 Å². The third-order valence-electron chi connectivity index (χ3n) is 3.10. The average Bonchev–Trinajstić information content (AvgIpc) is 2.24. The largest absolute Gasteiger partial charge is 0.294 e. The summed E-state index contributed by atoms with van der Waals surface area (Å²) in [7, 11) is 0. The zero-order valence-electron chi connectivity index (χ0n) is 11.5. The van der Waals surface area contributed by atoms with E-state index in [1.54, 1.807) is 0 Å². The Morgan fingerprint density at radius 2 is 1.76 bits per heavy atom. The molecule has 0 radical (unpaired) electrons. The van der Waals surface area contributed by atoms with Gasteiger partial charge in [0.25, 0.3) is 0 Å². The summed E-state index contributed by atoms with van der Waals surface area (Å²) in [6.45, 7) is 10.1. The van der Waals surface area contributed by atoms with Gasteiger partial charge >= 0.3 is 0 Å². The first-order chi connectivity index (χ1) is 7.97. The first-order valence-electron chi connectivity index (χ1n) is 6.20. The van der Waals surface area contributed by atoms with Gasteiger partial charge in [0.1, 0.15) is 0 Å². The number of hydrogen-bond acceptors (Lipinski definition) is 1. The summed E-state index contributed by atoms with van der Waals surface area (Å²) in [5, 5.41) is 0. The van der Waals surface area contributed by atoms with E-state index in [0.717, 1.165) is 23.1 Å². The highest BCUT2D eigenvalue weighted by molar-refractivity contribution is 6.00. The zero-order chi connectivity index (χ0) is 13.0. The minimum Gasteiger partial charge on any atom is -0.294 e. The van der Waals surface area contributed by atoms with Crippen molar-refractivity contribution in [3.05, 3.63) is 46.5 Å². The fourth-order valence-electron chi connectivity index (χ4n) is 2.26. The van der Waals surface area contributed by atoms with Crippen LogP contribution in [0.25, 0.3) is 0 Å². The second-order valence-electron chi connectivity index (χ2n) is 4.84. The molecule has 0 amide bonds. The van der Waals surface area contributed by atoms with E-state index in [4.69, 9.17) is 0 Å². The van der Waals surface area contributed by atoms with Crippen LogP contribution in [0.2, 0.25) is 0 Å². The zero-order valence-corrected chi connectivity index (χ0v) is 11.5. The Morgan fingerprint density at radius 1 is 1.24 bits per heavy atom. The lowest BCUT2D eigenvalue weighted by Gasteiger charge is -2.14. The predicted molar refractivity (Wildman–Crippen MR) is 73.6 cm³/mol. The molecule has 0 aliphatic carbocycles. The van der Waals surface area contributed by atoms with Crippen molar-refractivity contribution in [3.63, 3.8) is 0 Å². The molecule has 0 saturated heterocycles. The molecule has 0 saturated carbocycles. The molecule has 0 bridgehead atoms. The Bertz CT molecular complexity index is 418. The van der Waals surface area contributed by atoms with Crippen LogP contribution >= 0.6 is 0 Å². The lowest BCUT2D eigenvalue weighted by atomic mass is 9.89. The van der Waals surface area contributed by atoms with Crippen LogP contribution in [0.4, 0.5) is 0 Å². The van der Waals surface area contributed by atoms with E-state index < -0.39 is 0 Å². The van der Waals surface area contributed by atoms with E-state index in [2.05, 4.69) is 25.1 Å². The summed E-state index contributed by atoms with van der Waals surface area (Å²) in [6.07, 6.45) is 4.88. The second-order valence-corrected chi connectivity index (χ2v) is 4.84. The van der Waals surface area contributed by atoms with Gasteiger partial charge in [-0.3, -0.25) is 4.79 Å². The van der Waals surface area contributed by atoms with Gasteiger partial charge in [-0.1, -0.05) is 36.8 Å². The van der Waals surface area contributed by atoms with Gasteiger partial charge in [-0.05, 0) is 45.2 Å². The number of Topliss-reactive ketones (excluding diaryl/α,β-unsaturated/α-hetero) is 1. The summed E-state index contributed by atoms with van der Waals surface area (Å²) in [5.41, 5.74) is 4.32. The summed E-state index contributed by atoms with van der Waals surface area (Å²) < 4.78 is 0. The van der Waals surface area contributed by atoms with Gasteiger partial charge in [-0.15, -0.1) is 0 Å². The quantitative estimate of drug-likeness (QED) is 0.553. The van der Waals surface area contributed by atoms with Crippen molar-refractivity contribution in [1.29, 1.82) is 0 Å². The SMILES string of the molecule is C/C=C\C[C@@H](C)C(=O)c1c(C)cc(C)cc1C. The lowest BCUT2D eigenvalue weighted by molar-refractivity contribution is 0.0929. The molecule has 1 nitrogen and oxygen atoms in total. The molecule has 0 spiro atoms. The molecule has 1 aromatic rings. The molecule has 1 rings (SSSR count). The molecule has 1 aromatic carbocycles. The number of rotatable bonds is 4. The smallest absolute Gasteiger partial charge is 0.166 e. The summed E-state index contributed by atoms with van der Waals surface area (Å²) in [5.74, 6) is 0.324. The summed E-state index contributed by atoms with van der Waals surface area (Å²) >= 11 is 0. The van der Waals surface area contributed by atoms with Crippen LogP contribution in [-0.2, 0) is 0 Å². The normalized spacial score (nSPS) is 13.0. The number of allylic oxidation sites excluding steroid dienone is 2. The molecule has 92 valence electrons. The van der Waals surface area contributed by atoms with Crippen LogP contribution in [0.1, 0.15) is 47.3 Å². The first-order valence-corrected chi connectivity index (χ1v) is 6.20. The lowest BCUT2D eigenvalue weighted by Crippen LogP contribution is -2.14. The van der Waals surface area contributed by atoms with Crippen LogP contribution in [0, 0.1) is 26.7 Å². The molecule has 0 aliphatic heterocycles. The topological polar surface area (TPSA) is 17.1 Å². The summed E-state index contributed by atoms with van der Waals surface area (Å²) in [6, 6.07) is 4.17. The first kappa shape index (κ1) is 13.7. The molecule has 0 heterocycles. The van der Waals surface area contributed by atoms with E-state index in [9.17, 15) is 4.79 Å².